The van der Waals surface area contributed by atoms with Crippen LogP contribution in [0.5, 0.6) is 0 Å². The number of rotatable bonds is 5. The lowest BCUT2D eigenvalue weighted by molar-refractivity contribution is -0.125. The maximum Gasteiger partial charge on any atom is 0.220 e. The lowest BCUT2D eigenvalue weighted by atomic mass is 10.2. The van der Waals surface area contributed by atoms with E-state index in [9.17, 15) is 9.59 Å². The van der Waals surface area contributed by atoms with Crippen molar-refractivity contribution in [2.24, 2.45) is 11.7 Å². The van der Waals surface area contributed by atoms with Gasteiger partial charge in [0.1, 0.15) is 0 Å². The summed E-state index contributed by atoms with van der Waals surface area (Å²) in [7, 11) is 0. The van der Waals surface area contributed by atoms with E-state index in [1.165, 1.54) is 0 Å². The molecular weight excluding hydrogens is 156 g/mol. The van der Waals surface area contributed by atoms with E-state index in [1.54, 1.807) is 0 Å². The number of hydrogen-bond acceptors (Lipinski definition) is 2. The monoisotopic (exact) mass is 172 g/mol. The third-order valence-electron chi connectivity index (χ3n) is 1.31. The zero-order valence-electron chi connectivity index (χ0n) is 7.59. The molecule has 4 nitrogen and oxygen atoms in total. The standard InChI is InChI=1S/C8H16N2O2/c1-6(2)5-10-8(12)4-3-7(9)11/h6H,3-5H2,1-2H3,(H2,9,11)(H,10,12). The molecule has 0 radical (unpaired) electrons. The smallest absolute Gasteiger partial charge is 0.220 e. The highest BCUT2D eigenvalue weighted by atomic mass is 16.2. The number of amides is 2. The molecule has 0 aromatic heterocycles. The molecule has 0 fully saturated rings. The fraction of sp³-hybridized carbons (Fsp3) is 0.750. The van der Waals surface area contributed by atoms with Crippen LogP contribution in [0.15, 0.2) is 0 Å². The number of primary amides is 1. The van der Waals surface area contributed by atoms with Gasteiger partial charge in [-0.15, -0.1) is 0 Å². The van der Waals surface area contributed by atoms with E-state index >= 15 is 0 Å². The van der Waals surface area contributed by atoms with Gasteiger partial charge in [0.15, 0.2) is 0 Å². The summed E-state index contributed by atoms with van der Waals surface area (Å²) >= 11 is 0. The van der Waals surface area contributed by atoms with Gasteiger partial charge in [-0.05, 0) is 5.92 Å². The topological polar surface area (TPSA) is 72.2 Å². The Morgan fingerprint density at radius 3 is 2.33 bits per heavy atom. The molecule has 70 valence electrons. The molecule has 0 rings (SSSR count). The Hall–Kier alpha value is -1.06. The van der Waals surface area contributed by atoms with Crippen LogP contribution in [-0.2, 0) is 9.59 Å². The molecular formula is C8H16N2O2. The van der Waals surface area contributed by atoms with Crippen molar-refractivity contribution < 1.29 is 9.59 Å². The molecule has 0 aliphatic rings. The molecule has 12 heavy (non-hydrogen) atoms. The molecule has 0 spiro atoms. The molecule has 0 saturated heterocycles. The van der Waals surface area contributed by atoms with Gasteiger partial charge in [0.2, 0.25) is 11.8 Å². The van der Waals surface area contributed by atoms with Gasteiger partial charge in [-0.1, -0.05) is 13.8 Å². The number of carbonyl (C=O) groups excluding carboxylic acids is 2. The van der Waals surface area contributed by atoms with E-state index in [-0.39, 0.29) is 18.7 Å². The van der Waals surface area contributed by atoms with E-state index in [2.05, 4.69) is 5.32 Å². The summed E-state index contributed by atoms with van der Waals surface area (Å²) in [6, 6.07) is 0. The largest absolute Gasteiger partial charge is 0.370 e. The average molecular weight is 172 g/mol. The number of nitrogens with one attached hydrogen (secondary N) is 1. The van der Waals surface area contributed by atoms with E-state index in [1.807, 2.05) is 13.8 Å². The summed E-state index contributed by atoms with van der Waals surface area (Å²) in [6.45, 7) is 4.67. The van der Waals surface area contributed by atoms with Crippen LogP contribution in [0.1, 0.15) is 26.7 Å². The van der Waals surface area contributed by atoms with Crippen LogP contribution >= 0.6 is 0 Å². The first-order chi connectivity index (χ1) is 5.52. The minimum atomic E-state index is -0.435. The molecule has 0 aliphatic heterocycles. The van der Waals surface area contributed by atoms with E-state index < -0.39 is 5.91 Å². The van der Waals surface area contributed by atoms with Crippen molar-refractivity contribution in [3.63, 3.8) is 0 Å². The van der Waals surface area contributed by atoms with Gasteiger partial charge < -0.3 is 11.1 Å². The molecule has 0 unspecified atom stereocenters. The highest BCUT2D eigenvalue weighted by Crippen LogP contribution is 1.90. The van der Waals surface area contributed by atoms with Crippen LogP contribution in [0, 0.1) is 5.92 Å². The third kappa shape index (κ3) is 7.05. The van der Waals surface area contributed by atoms with Gasteiger partial charge in [-0.25, -0.2) is 0 Å². The molecule has 0 aliphatic carbocycles. The predicted molar refractivity (Wildman–Crippen MR) is 46.3 cm³/mol. The fourth-order valence-corrected chi connectivity index (χ4v) is 0.643. The molecule has 0 bridgehead atoms. The second-order valence-electron chi connectivity index (χ2n) is 3.16. The van der Waals surface area contributed by atoms with Crippen LogP contribution in [-0.4, -0.2) is 18.4 Å². The molecule has 3 N–H and O–H groups in total. The maximum atomic E-state index is 10.9. The number of hydrogen-bond donors (Lipinski definition) is 2. The average Bonchev–Trinajstić information content (AvgIpc) is 1.96. The first-order valence-corrected chi connectivity index (χ1v) is 4.07. The van der Waals surface area contributed by atoms with Crippen molar-refractivity contribution in [3.8, 4) is 0 Å². The van der Waals surface area contributed by atoms with Crippen molar-refractivity contribution in [3.05, 3.63) is 0 Å². The van der Waals surface area contributed by atoms with Gasteiger partial charge in [0, 0.05) is 19.4 Å². The Balaban J connectivity index is 3.40. The summed E-state index contributed by atoms with van der Waals surface area (Å²) < 4.78 is 0. The van der Waals surface area contributed by atoms with Crippen molar-refractivity contribution in [2.45, 2.75) is 26.7 Å². The maximum absolute atomic E-state index is 10.9. The third-order valence-corrected chi connectivity index (χ3v) is 1.31. The molecule has 0 atom stereocenters. The van der Waals surface area contributed by atoms with Crippen LogP contribution in [0.2, 0.25) is 0 Å². The SMILES string of the molecule is CC(C)CNC(=O)CCC(N)=O. The molecule has 4 heteroatoms. The van der Waals surface area contributed by atoms with Crippen molar-refractivity contribution in [1.82, 2.24) is 5.32 Å². The quantitative estimate of drug-likeness (QED) is 0.613. The van der Waals surface area contributed by atoms with Gasteiger partial charge in [0.25, 0.3) is 0 Å². The van der Waals surface area contributed by atoms with E-state index in [0.717, 1.165) is 0 Å². The Labute approximate surface area is 72.5 Å². The first kappa shape index (κ1) is 10.9. The Morgan fingerprint density at radius 1 is 1.33 bits per heavy atom. The molecule has 0 aromatic carbocycles. The van der Waals surface area contributed by atoms with Crippen LogP contribution in [0.4, 0.5) is 0 Å². The minimum Gasteiger partial charge on any atom is -0.370 e. The molecule has 2 amide bonds. The highest BCUT2D eigenvalue weighted by molar-refractivity contribution is 5.82. The number of carbonyl (C=O) groups is 2. The van der Waals surface area contributed by atoms with E-state index in [4.69, 9.17) is 5.73 Å². The summed E-state index contributed by atoms with van der Waals surface area (Å²) in [6.07, 6.45) is 0.325. The minimum absolute atomic E-state index is 0.109. The zero-order valence-corrected chi connectivity index (χ0v) is 7.59. The lowest BCUT2D eigenvalue weighted by Crippen LogP contribution is -2.28. The van der Waals surface area contributed by atoms with E-state index in [0.29, 0.717) is 12.5 Å². The predicted octanol–water partition coefficient (Wildman–Crippen LogP) is 0.0241. The second-order valence-corrected chi connectivity index (χ2v) is 3.16. The Morgan fingerprint density at radius 2 is 1.92 bits per heavy atom. The molecule has 0 saturated carbocycles. The van der Waals surface area contributed by atoms with Gasteiger partial charge >= 0.3 is 0 Å². The molecule has 0 aromatic rings. The highest BCUT2D eigenvalue weighted by Gasteiger charge is 2.03. The van der Waals surface area contributed by atoms with Crippen LogP contribution < -0.4 is 11.1 Å². The Kier molecular flexibility index (Phi) is 5.08. The Bertz CT molecular complexity index is 166. The summed E-state index contributed by atoms with van der Waals surface area (Å²) in [4.78, 5) is 21.2. The zero-order chi connectivity index (χ0) is 9.56. The van der Waals surface area contributed by atoms with Crippen molar-refractivity contribution in [1.29, 1.82) is 0 Å². The van der Waals surface area contributed by atoms with Gasteiger partial charge in [-0.3, -0.25) is 9.59 Å². The normalized spacial score (nSPS) is 9.92. The fourth-order valence-electron chi connectivity index (χ4n) is 0.643. The van der Waals surface area contributed by atoms with Crippen LogP contribution in [0.3, 0.4) is 0 Å². The summed E-state index contributed by atoms with van der Waals surface area (Å²) in [5.74, 6) is -0.111. The van der Waals surface area contributed by atoms with Gasteiger partial charge in [0.05, 0.1) is 0 Å². The van der Waals surface area contributed by atoms with Crippen LogP contribution in [0.25, 0.3) is 0 Å². The van der Waals surface area contributed by atoms with Gasteiger partial charge in [-0.2, -0.15) is 0 Å². The lowest BCUT2D eigenvalue weighted by Gasteiger charge is -2.06. The van der Waals surface area contributed by atoms with Crippen molar-refractivity contribution in [2.75, 3.05) is 6.54 Å². The first-order valence-electron chi connectivity index (χ1n) is 4.07. The summed E-state index contributed by atoms with van der Waals surface area (Å²) in [5.41, 5.74) is 4.88. The number of nitrogens with two attached hydrogens (primary N) is 1. The second kappa shape index (κ2) is 5.57. The molecule has 0 heterocycles. The van der Waals surface area contributed by atoms with Crippen molar-refractivity contribution >= 4 is 11.8 Å². The summed E-state index contributed by atoms with van der Waals surface area (Å²) in [5, 5.41) is 2.69.